The molecule has 1 aliphatic carbocycles. The molecule has 2 aliphatic heterocycles. The van der Waals surface area contributed by atoms with Gasteiger partial charge in [-0.1, -0.05) is 24.6 Å². The highest BCUT2D eigenvalue weighted by Crippen LogP contribution is 2.42. The number of carbonyl (C=O) groups is 2. The molecule has 6 heteroatoms. The normalized spacial score (nSPS) is 20.9. The van der Waals surface area contributed by atoms with Crippen LogP contribution >= 0.6 is 0 Å². The second kappa shape index (κ2) is 8.35. The van der Waals surface area contributed by atoms with Crippen LogP contribution in [0, 0.1) is 6.92 Å². The molecular formula is C25H30N4O2. The molecule has 0 bridgehead atoms. The molecule has 31 heavy (non-hydrogen) atoms. The Bertz CT molecular complexity index is 1060. The summed E-state index contributed by atoms with van der Waals surface area (Å²) in [6.07, 6.45) is 6.46. The minimum Gasteiger partial charge on any atom is -0.358 e. The number of rotatable bonds is 4. The summed E-state index contributed by atoms with van der Waals surface area (Å²) in [7, 11) is 0. The smallest absolute Gasteiger partial charge is 0.256 e. The van der Waals surface area contributed by atoms with Crippen LogP contribution in [0.15, 0.2) is 24.3 Å². The topological polar surface area (TPSA) is 77.2 Å². The third-order valence-corrected chi connectivity index (χ3v) is 6.81. The van der Waals surface area contributed by atoms with E-state index >= 15 is 0 Å². The molecule has 0 spiro atoms. The lowest BCUT2D eigenvalue weighted by Gasteiger charge is -2.26. The van der Waals surface area contributed by atoms with E-state index in [0.29, 0.717) is 6.54 Å². The highest BCUT2D eigenvalue weighted by atomic mass is 16.2. The molecule has 3 aliphatic rings. The Morgan fingerprint density at radius 3 is 2.74 bits per heavy atom. The number of aromatic nitrogens is 1. The summed E-state index contributed by atoms with van der Waals surface area (Å²) in [5, 5.41) is 6.12. The van der Waals surface area contributed by atoms with Crippen LogP contribution in [-0.2, 0) is 11.2 Å². The van der Waals surface area contributed by atoms with Crippen LogP contribution in [0.1, 0.15) is 65.0 Å². The fourth-order valence-electron chi connectivity index (χ4n) is 5.32. The molecule has 162 valence electrons. The SMILES string of the molecule is Cc1[nH]c2c(c1C(=O)NCCN1CCCCC1)CCCC2=C1C(=O)Nc2ccccc21. The average molecular weight is 419 g/mol. The minimum atomic E-state index is -0.0520. The zero-order valence-corrected chi connectivity index (χ0v) is 18.1. The summed E-state index contributed by atoms with van der Waals surface area (Å²) < 4.78 is 0. The summed E-state index contributed by atoms with van der Waals surface area (Å²) in [5.41, 5.74) is 7.25. The Labute approximate surface area is 183 Å². The highest BCUT2D eigenvalue weighted by molar-refractivity contribution is 6.36. The summed E-state index contributed by atoms with van der Waals surface area (Å²) in [4.78, 5) is 31.8. The second-order valence-electron chi connectivity index (χ2n) is 8.84. The van der Waals surface area contributed by atoms with Crippen molar-refractivity contribution in [2.75, 3.05) is 31.5 Å². The molecule has 0 unspecified atom stereocenters. The first kappa shape index (κ1) is 20.1. The lowest BCUT2D eigenvalue weighted by Crippen LogP contribution is -2.38. The highest BCUT2D eigenvalue weighted by Gasteiger charge is 2.32. The number of aromatic amines is 1. The van der Waals surface area contributed by atoms with Crippen LogP contribution in [0.25, 0.3) is 11.1 Å². The number of H-pyrrole nitrogens is 1. The van der Waals surface area contributed by atoms with Gasteiger partial charge in [0.05, 0.1) is 11.1 Å². The minimum absolute atomic E-state index is 0.00506. The predicted molar refractivity (Wildman–Crippen MR) is 123 cm³/mol. The number of aryl methyl sites for hydroxylation is 1. The van der Waals surface area contributed by atoms with Crippen LogP contribution in [0.3, 0.4) is 0 Å². The van der Waals surface area contributed by atoms with Gasteiger partial charge in [0, 0.05) is 35.7 Å². The molecule has 5 rings (SSSR count). The summed E-state index contributed by atoms with van der Waals surface area (Å²) in [5.74, 6) is -0.0571. The van der Waals surface area contributed by atoms with Crippen molar-refractivity contribution in [1.82, 2.24) is 15.2 Å². The van der Waals surface area contributed by atoms with Crippen LogP contribution in [0.2, 0.25) is 0 Å². The van der Waals surface area contributed by atoms with Gasteiger partial charge in [0.25, 0.3) is 11.8 Å². The van der Waals surface area contributed by atoms with E-state index in [1.807, 2.05) is 31.2 Å². The molecule has 2 amide bonds. The Balaban J connectivity index is 1.41. The van der Waals surface area contributed by atoms with E-state index in [1.54, 1.807) is 0 Å². The summed E-state index contributed by atoms with van der Waals surface area (Å²) in [6, 6.07) is 7.83. The van der Waals surface area contributed by atoms with Gasteiger partial charge in [0.15, 0.2) is 0 Å². The molecule has 3 heterocycles. The van der Waals surface area contributed by atoms with Gasteiger partial charge in [0.2, 0.25) is 0 Å². The Morgan fingerprint density at radius 1 is 1.10 bits per heavy atom. The first-order valence-electron chi connectivity index (χ1n) is 11.5. The first-order valence-corrected chi connectivity index (χ1v) is 11.5. The number of nitrogens with zero attached hydrogens (tertiary/aromatic N) is 1. The van der Waals surface area contributed by atoms with Crippen LogP contribution in [-0.4, -0.2) is 47.9 Å². The Hall–Kier alpha value is -2.86. The van der Waals surface area contributed by atoms with E-state index in [1.165, 1.54) is 19.3 Å². The molecular weight excluding hydrogens is 388 g/mol. The van der Waals surface area contributed by atoms with Crippen molar-refractivity contribution in [2.24, 2.45) is 0 Å². The van der Waals surface area contributed by atoms with Crippen molar-refractivity contribution in [3.05, 3.63) is 52.3 Å². The Kier molecular flexibility index (Phi) is 5.40. The molecule has 1 aromatic carbocycles. The summed E-state index contributed by atoms with van der Waals surface area (Å²) in [6.45, 7) is 5.80. The maximum atomic E-state index is 13.1. The van der Waals surface area contributed by atoms with Crippen LogP contribution in [0.5, 0.6) is 0 Å². The van der Waals surface area contributed by atoms with Gasteiger partial charge in [-0.15, -0.1) is 0 Å². The van der Waals surface area contributed by atoms with Crippen LogP contribution in [0.4, 0.5) is 5.69 Å². The number of nitrogens with one attached hydrogen (secondary N) is 3. The number of carbonyl (C=O) groups excluding carboxylic acids is 2. The van der Waals surface area contributed by atoms with Gasteiger partial charge in [-0.2, -0.15) is 0 Å². The van der Waals surface area contributed by atoms with E-state index in [0.717, 1.165) is 83.8 Å². The summed E-state index contributed by atoms with van der Waals surface area (Å²) >= 11 is 0. The molecule has 2 aromatic rings. The molecule has 3 N–H and O–H groups in total. The third-order valence-electron chi connectivity index (χ3n) is 6.81. The maximum absolute atomic E-state index is 13.1. The average Bonchev–Trinajstić information content (AvgIpc) is 3.29. The molecule has 6 nitrogen and oxygen atoms in total. The van der Waals surface area contributed by atoms with E-state index in [4.69, 9.17) is 0 Å². The van der Waals surface area contributed by atoms with Gasteiger partial charge in [0.1, 0.15) is 0 Å². The van der Waals surface area contributed by atoms with Crippen molar-refractivity contribution >= 4 is 28.6 Å². The van der Waals surface area contributed by atoms with E-state index in [2.05, 4.69) is 20.5 Å². The zero-order valence-electron chi connectivity index (χ0n) is 18.1. The third kappa shape index (κ3) is 3.69. The standard InChI is InChI=1S/C25H30N4O2/c1-16-21(24(30)26-12-15-29-13-5-2-6-14-29)18-9-7-10-19(23(18)27-16)22-17-8-3-4-11-20(17)28-25(22)31/h3-4,8,11,27H,2,5-7,9-10,12-15H2,1H3,(H,26,30)(H,28,31). The number of hydrogen-bond acceptors (Lipinski definition) is 3. The number of allylic oxidation sites excluding steroid dienone is 1. The molecule has 1 aromatic heterocycles. The van der Waals surface area contributed by atoms with Gasteiger partial charge >= 0.3 is 0 Å². The number of para-hydroxylation sites is 1. The number of benzene rings is 1. The van der Waals surface area contributed by atoms with Gasteiger partial charge in [-0.05, 0) is 69.3 Å². The van der Waals surface area contributed by atoms with E-state index in [-0.39, 0.29) is 11.8 Å². The number of piperidine rings is 1. The van der Waals surface area contributed by atoms with Crippen molar-refractivity contribution in [2.45, 2.75) is 45.4 Å². The largest absolute Gasteiger partial charge is 0.358 e. The number of fused-ring (bicyclic) bond motifs is 2. The van der Waals surface area contributed by atoms with Gasteiger partial charge < -0.3 is 20.5 Å². The number of amides is 2. The van der Waals surface area contributed by atoms with Crippen molar-refractivity contribution in [3.8, 4) is 0 Å². The number of anilines is 1. The van der Waals surface area contributed by atoms with Crippen molar-refractivity contribution in [1.29, 1.82) is 0 Å². The maximum Gasteiger partial charge on any atom is 0.256 e. The molecule has 1 saturated heterocycles. The fourth-order valence-corrected chi connectivity index (χ4v) is 5.32. The van der Waals surface area contributed by atoms with Gasteiger partial charge in [-0.25, -0.2) is 0 Å². The van der Waals surface area contributed by atoms with Crippen molar-refractivity contribution in [3.63, 3.8) is 0 Å². The molecule has 1 fully saturated rings. The quantitative estimate of drug-likeness (QED) is 0.662. The lowest BCUT2D eigenvalue weighted by molar-refractivity contribution is -0.110. The first-order chi connectivity index (χ1) is 15.1. The number of likely N-dealkylation sites (tertiary alicyclic amines) is 1. The predicted octanol–water partition coefficient (Wildman–Crippen LogP) is 3.74. The van der Waals surface area contributed by atoms with Gasteiger partial charge in [-0.3, -0.25) is 9.59 Å². The Morgan fingerprint density at radius 2 is 1.90 bits per heavy atom. The fraction of sp³-hybridized carbons (Fsp3) is 0.440. The zero-order chi connectivity index (χ0) is 21.4. The molecule has 0 radical (unpaired) electrons. The van der Waals surface area contributed by atoms with Crippen molar-refractivity contribution < 1.29 is 9.59 Å². The van der Waals surface area contributed by atoms with E-state index in [9.17, 15) is 9.59 Å². The molecule has 0 saturated carbocycles. The molecule has 0 atom stereocenters. The number of hydrogen-bond donors (Lipinski definition) is 3. The monoisotopic (exact) mass is 418 g/mol. The lowest BCUT2D eigenvalue weighted by atomic mass is 9.86. The van der Waals surface area contributed by atoms with Crippen LogP contribution < -0.4 is 10.6 Å². The van der Waals surface area contributed by atoms with E-state index < -0.39 is 0 Å². The second-order valence-corrected chi connectivity index (χ2v) is 8.84.